The highest BCUT2D eigenvalue weighted by atomic mass is 32.2. The molecule has 0 amide bonds. The molecule has 2 rings (SSSR count). The molecule has 1 saturated heterocycles. The second kappa shape index (κ2) is 6.35. The fourth-order valence-electron chi connectivity index (χ4n) is 2.64. The molecule has 0 saturated carbocycles. The summed E-state index contributed by atoms with van der Waals surface area (Å²) in [6, 6.07) is 5.45. The van der Waals surface area contributed by atoms with E-state index in [1.54, 1.807) is 6.07 Å². The fourth-order valence-corrected chi connectivity index (χ4v) is 3.74. The molecule has 1 heterocycles. The minimum Gasteiger partial charge on any atom is -0.370 e. The van der Waals surface area contributed by atoms with E-state index in [0.29, 0.717) is 4.75 Å². The average molecular weight is 296 g/mol. The average Bonchev–Trinajstić information content (AvgIpc) is 2.58. The highest BCUT2D eigenvalue weighted by Crippen LogP contribution is 2.35. The zero-order valence-corrected chi connectivity index (χ0v) is 13.7. The first-order valence-corrected chi connectivity index (χ1v) is 8.28. The van der Waals surface area contributed by atoms with Gasteiger partial charge in [0.2, 0.25) is 0 Å². The van der Waals surface area contributed by atoms with Crippen LogP contribution in [-0.2, 0) is 0 Å². The van der Waals surface area contributed by atoms with Gasteiger partial charge in [-0.3, -0.25) is 0 Å². The molecule has 1 fully saturated rings. The second-order valence-electron chi connectivity index (χ2n) is 6.03. The molecule has 4 heteroatoms. The Morgan fingerprint density at radius 2 is 2.10 bits per heavy atom. The first kappa shape index (κ1) is 15.6. The van der Waals surface area contributed by atoms with Crippen molar-refractivity contribution in [3.05, 3.63) is 29.6 Å². The lowest BCUT2D eigenvalue weighted by Crippen LogP contribution is -2.29. The Labute approximate surface area is 126 Å². The van der Waals surface area contributed by atoms with Crippen LogP contribution in [0.2, 0.25) is 0 Å². The Hall–Kier alpha value is -0.740. The number of anilines is 1. The molecule has 20 heavy (non-hydrogen) atoms. The third-order valence-electron chi connectivity index (χ3n) is 4.07. The van der Waals surface area contributed by atoms with Crippen LogP contribution in [0, 0.1) is 5.82 Å². The molecule has 1 atom stereocenters. The van der Waals surface area contributed by atoms with Gasteiger partial charge in [-0.1, -0.05) is 19.9 Å². The minimum atomic E-state index is -0.111. The number of nitrogens with one attached hydrogen (secondary N) is 1. The van der Waals surface area contributed by atoms with Gasteiger partial charge in [0.1, 0.15) is 5.82 Å². The van der Waals surface area contributed by atoms with Crippen molar-refractivity contribution in [2.75, 3.05) is 30.8 Å². The van der Waals surface area contributed by atoms with Gasteiger partial charge in [-0.2, -0.15) is 11.8 Å². The van der Waals surface area contributed by atoms with Gasteiger partial charge in [0.15, 0.2) is 0 Å². The van der Waals surface area contributed by atoms with Crippen molar-refractivity contribution in [3.8, 4) is 0 Å². The number of rotatable bonds is 3. The van der Waals surface area contributed by atoms with Crippen LogP contribution in [-0.4, -0.2) is 30.6 Å². The summed E-state index contributed by atoms with van der Waals surface area (Å²) in [7, 11) is 1.88. The van der Waals surface area contributed by atoms with Gasteiger partial charge in [0, 0.05) is 40.9 Å². The third kappa shape index (κ3) is 3.47. The van der Waals surface area contributed by atoms with Crippen molar-refractivity contribution in [1.82, 2.24) is 5.32 Å². The number of benzene rings is 1. The zero-order valence-electron chi connectivity index (χ0n) is 12.9. The van der Waals surface area contributed by atoms with Gasteiger partial charge in [-0.05, 0) is 32.5 Å². The standard InChI is InChI=1S/C16H25FN2S/c1-12(18-4)15-13(17)6-5-7-14(15)19-9-8-16(2,3)20-11-10-19/h5-7,12,18H,8-11H2,1-4H3. The van der Waals surface area contributed by atoms with E-state index < -0.39 is 0 Å². The van der Waals surface area contributed by atoms with E-state index in [2.05, 4.69) is 30.1 Å². The van der Waals surface area contributed by atoms with Crippen LogP contribution in [0.4, 0.5) is 10.1 Å². The smallest absolute Gasteiger partial charge is 0.130 e. The number of thioether (sulfide) groups is 1. The highest BCUT2D eigenvalue weighted by molar-refractivity contribution is 8.00. The summed E-state index contributed by atoms with van der Waals surface area (Å²) >= 11 is 2.01. The fraction of sp³-hybridized carbons (Fsp3) is 0.625. The van der Waals surface area contributed by atoms with Gasteiger partial charge < -0.3 is 10.2 Å². The third-order valence-corrected chi connectivity index (χ3v) is 5.45. The summed E-state index contributed by atoms with van der Waals surface area (Å²) in [5, 5.41) is 3.16. The van der Waals surface area contributed by atoms with E-state index >= 15 is 0 Å². The Bertz CT molecular complexity index is 462. The molecule has 0 aromatic heterocycles. The van der Waals surface area contributed by atoms with E-state index in [4.69, 9.17) is 0 Å². The predicted octanol–water partition coefficient (Wildman–Crippen LogP) is 3.83. The van der Waals surface area contributed by atoms with Crippen LogP contribution in [0.5, 0.6) is 0 Å². The Kier molecular flexibility index (Phi) is 4.97. The van der Waals surface area contributed by atoms with E-state index in [-0.39, 0.29) is 11.9 Å². The lowest BCUT2D eigenvalue weighted by atomic mass is 10.0. The molecular formula is C16H25FN2S. The van der Waals surface area contributed by atoms with E-state index in [1.165, 1.54) is 0 Å². The summed E-state index contributed by atoms with van der Waals surface area (Å²) in [4.78, 5) is 2.34. The van der Waals surface area contributed by atoms with Gasteiger partial charge in [-0.25, -0.2) is 4.39 Å². The molecule has 0 bridgehead atoms. The SMILES string of the molecule is CNC(C)c1c(F)cccc1N1CCSC(C)(C)CC1. The number of halogens is 1. The topological polar surface area (TPSA) is 15.3 Å². The summed E-state index contributed by atoms with van der Waals surface area (Å²) in [5.41, 5.74) is 1.84. The molecule has 0 radical (unpaired) electrons. The van der Waals surface area contributed by atoms with Gasteiger partial charge >= 0.3 is 0 Å². The lowest BCUT2D eigenvalue weighted by Gasteiger charge is -2.28. The molecule has 1 N–H and O–H groups in total. The molecule has 1 aliphatic rings. The highest BCUT2D eigenvalue weighted by Gasteiger charge is 2.26. The normalized spacial score (nSPS) is 20.6. The molecule has 1 aromatic rings. The van der Waals surface area contributed by atoms with Crippen molar-refractivity contribution in [2.45, 2.75) is 38.0 Å². The van der Waals surface area contributed by atoms with E-state index in [1.807, 2.05) is 31.8 Å². The van der Waals surface area contributed by atoms with Crippen LogP contribution in [0.25, 0.3) is 0 Å². The monoisotopic (exact) mass is 296 g/mol. The Morgan fingerprint density at radius 3 is 2.80 bits per heavy atom. The predicted molar refractivity (Wildman–Crippen MR) is 87.2 cm³/mol. The maximum absolute atomic E-state index is 14.2. The van der Waals surface area contributed by atoms with Crippen LogP contribution in [0.1, 0.15) is 38.8 Å². The summed E-state index contributed by atoms with van der Waals surface area (Å²) < 4.78 is 14.5. The Balaban J connectivity index is 2.30. The first-order valence-electron chi connectivity index (χ1n) is 7.29. The van der Waals surface area contributed by atoms with Crippen molar-refractivity contribution in [2.24, 2.45) is 0 Å². The maximum Gasteiger partial charge on any atom is 0.130 e. The van der Waals surface area contributed by atoms with E-state index in [0.717, 1.165) is 36.5 Å². The van der Waals surface area contributed by atoms with Crippen molar-refractivity contribution in [1.29, 1.82) is 0 Å². The molecule has 2 nitrogen and oxygen atoms in total. The van der Waals surface area contributed by atoms with Crippen LogP contribution in [0.3, 0.4) is 0 Å². The van der Waals surface area contributed by atoms with Gasteiger partial charge in [0.05, 0.1) is 0 Å². The molecular weight excluding hydrogens is 271 g/mol. The van der Waals surface area contributed by atoms with Crippen molar-refractivity contribution in [3.63, 3.8) is 0 Å². The van der Waals surface area contributed by atoms with Gasteiger partial charge in [0.25, 0.3) is 0 Å². The number of hydrogen-bond donors (Lipinski definition) is 1. The van der Waals surface area contributed by atoms with Crippen LogP contribution >= 0.6 is 11.8 Å². The molecule has 0 spiro atoms. The quantitative estimate of drug-likeness (QED) is 0.912. The number of hydrogen-bond acceptors (Lipinski definition) is 3. The zero-order chi connectivity index (χ0) is 14.8. The van der Waals surface area contributed by atoms with Crippen molar-refractivity contribution < 1.29 is 4.39 Å². The second-order valence-corrected chi connectivity index (χ2v) is 7.83. The summed E-state index contributed by atoms with van der Waals surface area (Å²) in [6.07, 6.45) is 1.13. The summed E-state index contributed by atoms with van der Waals surface area (Å²) in [5.74, 6) is 0.983. The minimum absolute atomic E-state index is 0.0233. The molecule has 1 aromatic carbocycles. The van der Waals surface area contributed by atoms with Gasteiger partial charge in [-0.15, -0.1) is 0 Å². The maximum atomic E-state index is 14.2. The van der Waals surface area contributed by atoms with Crippen LogP contribution < -0.4 is 10.2 Å². The Morgan fingerprint density at radius 1 is 1.35 bits per heavy atom. The molecule has 112 valence electrons. The molecule has 1 aliphatic heterocycles. The van der Waals surface area contributed by atoms with Crippen LogP contribution in [0.15, 0.2) is 18.2 Å². The summed E-state index contributed by atoms with van der Waals surface area (Å²) in [6.45, 7) is 8.58. The molecule has 0 aliphatic carbocycles. The largest absolute Gasteiger partial charge is 0.370 e. The van der Waals surface area contributed by atoms with E-state index in [9.17, 15) is 4.39 Å². The lowest BCUT2D eigenvalue weighted by molar-refractivity contribution is 0.558. The first-order chi connectivity index (χ1) is 9.44. The number of nitrogens with zero attached hydrogens (tertiary/aromatic N) is 1. The molecule has 1 unspecified atom stereocenters. The van der Waals surface area contributed by atoms with Crippen molar-refractivity contribution >= 4 is 17.4 Å².